The molecular formula is C17H20N6O2. The van der Waals surface area contributed by atoms with E-state index in [4.69, 9.17) is 4.74 Å². The molecule has 8 heteroatoms. The van der Waals surface area contributed by atoms with E-state index < -0.39 is 0 Å². The third-order valence-corrected chi connectivity index (χ3v) is 3.93. The van der Waals surface area contributed by atoms with Crippen molar-refractivity contribution in [1.82, 2.24) is 25.3 Å². The first-order chi connectivity index (χ1) is 12.1. The van der Waals surface area contributed by atoms with Crippen LogP contribution in [0.2, 0.25) is 0 Å². The molecule has 0 aliphatic rings. The van der Waals surface area contributed by atoms with E-state index in [1.54, 1.807) is 25.4 Å². The van der Waals surface area contributed by atoms with Gasteiger partial charge in [-0.15, -0.1) is 0 Å². The number of nitrogens with zero attached hydrogens (tertiary/aromatic N) is 4. The minimum Gasteiger partial charge on any atom is -0.496 e. The number of amides is 1. The number of benzene rings is 1. The topological polar surface area (TPSA) is 96.0 Å². The Bertz CT molecular complexity index is 878. The molecule has 0 saturated carbocycles. The lowest BCUT2D eigenvalue weighted by molar-refractivity contribution is -0.120. The number of H-pyrrole nitrogens is 1. The maximum atomic E-state index is 12.4. The number of nitrogens with one attached hydrogen (secondary N) is 2. The molecule has 3 rings (SSSR count). The van der Waals surface area contributed by atoms with Gasteiger partial charge < -0.3 is 19.9 Å². The fourth-order valence-corrected chi connectivity index (χ4v) is 2.72. The Balaban J connectivity index is 1.69. The Kier molecular flexibility index (Phi) is 4.78. The van der Waals surface area contributed by atoms with Crippen molar-refractivity contribution < 1.29 is 9.53 Å². The average molecular weight is 340 g/mol. The molecule has 0 radical (unpaired) electrons. The quantitative estimate of drug-likeness (QED) is 0.709. The van der Waals surface area contributed by atoms with E-state index >= 15 is 0 Å². The third-order valence-electron chi connectivity index (χ3n) is 3.93. The van der Waals surface area contributed by atoms with Gasteiger partial charge in [-0.2, -0.15) is 0 Å². The molecule has 8 nitrogen and oxygen atoms in total. The second kappa shape index (κ2) is 7.16. The lowest BCUT2D eigenvalue weighted by Crippen LogP contribution is -2.37. The van der Waals surface area contributed by atoms with Gasteiger partial charge in [0.15, 0.2) is 11.5 Å². The molecule has 1 amide bonds. The summed E-state index contributed by atoms with van der Waals surface area (Å²) in [5, 5.41) is 2.98. The highest BCUT2D eigenvalue weighted by Crippen LogP contribution is 2.24. The van der Waals surface area contributed by atoms with E-state index in [1.807, 2.05) is 31.2 Å². The van der Waals surface area contributed by atoms with E-state index in [0.29, 0.717) is 17.0 Å². The molecule has 3 aromatic rings. The number of methoxy groups -OCH3 is 1. The summed E-state index contributed by atoms with van der Waals surface area (Å²) < 4.78 is 5.35. The standard InChI is InChI=1S/C17H20N6O2/c1-11(12-6-4-5-7-13(12)25-3)22-14(24)8-23(2)17-15-16(19-9-18-15)20-10-21-17/h4-7,9-11H,8H2,1-3H3,(H,22,24)(H,18,19,20,21). The number of likely N-dealkylation sites (N-methyl/N-ethyl adjacent to an activating group) is 1. The van der Waals surface area contributed by atoms with Gasteiger partial charge in [-0.05, 0) is 13.0 Å². The van der Waals surface area contributed by atoms with Crippen LogP contribution < -0.4 is 15.0 Å². The Morgan fingerprint density at radius 3 is 2.92 bits per heavy atom. The molecule has 0 bridgehead atoms. The number of aromatic amines is 1. The number of rotatable bonds is 6. The maximum Gasteiger partial charge on any atom is 0.240 e. The van der Waals surface area contributed by atoms with E-state index in [2.05, 4.69) is 25.3 Å². The molecule has 2 aromatic heterocycles. The molecule has 130 valence electrons. The minimum atomic E-state index is -0.172. The van der Waals surface area contributed by atoms with Crippen LogP contribution in [0.3, 0.4) is 0 Å². The highest BCUT2D eigenvalue weighted by Gasteiger charge is 2.17. The van der Waals surface area contributed by atoms with Gasteiger partial charge in [0, 0.05) is 12.6 Å². The first kappa shape index (κ1) is 16.7. The van der Waals surface area contributed by atoms with Crippen molar-refractivity contribution in [2.75, 3.05) is 25.6 Å². The lowest BCUT2D eigenvalue weighted by Gasteiger charge is -2.21. The Morgan fingerprint density at radius 2 is 2.12 bits per heavy atom. The average Bonchev–Trinajstić information content (AvgIpc) is 3.10. The van der Waals surface area contributed by atoms with Crippen LogP contribution in [-0.2, 0) is 4.79 Å². The smallest absolute Gasteiger partial charge is 0.240 e. The van der Waals surface area contributed by atoms with Crippen molar-refractivity contribution in [1.29, 1.82) is 0 Å². The van der Waals surface area contributed by atoms with Crippen molar-refractivity contribution in [3.05, 3.63) is 42.5 Å². The lowest BCUT2D eigenvalue weighted by atomic mass is 10.1. The number of anilines is 1. The van der Waals surface area contributed by atoms with E-state index in [9.17, 15) is 4.79 Å². The molecule has 0 fully saturated rings. The predicted octanol–water partition coefficient (Wildman–Crippen LogP) is 1.68. The van der Waals surface area contributed by atoms with Crippen LogP contribution in [0.4, 0.5) is 5.82 Å². The molecule has 1 atom stereocenters. The summed E-state index contributed by atoms with van der Waals surface area (Å²) in [6, 6.07) is 7.46. The molecule has 0 saturated heterocycles. The van der Waals surface area contributed by atoms with Crippen molar-refractivity contribution in [2.24, 2.45) is 0 Å². The number of carbonyl (C=O) groups is 1. The van der Waals surface area contributed by atoms with E-state index in [1.165, 1.54) is 6.33 Å². The van der Waals surface area contributed by atoms with Gasteiger partial charge in [-0.1, -0.05) is 18.2 Å². The molecule has 2 N–H and O–H groups in total. The summed E-state index contributed by atoms with van der Waals surface area (Å²) >= 11 is 0. The first-order valence-corrected chi connectivity index (χ1v) is 7.87. The first-order valence-electron chi connectivity index (χ1n) is 7.87. The highest BCUT2D eigenvalue weighted by molar-refractivity contribution is 5.87. The number of carbonyl (C=O) groups excluding carboxylic acids is 1. The number of hydrogen-bond donors (Lipinski definition) is 2. The van der Waals surface area contributed by atoms with Crippen LogP contribution in [0.25, 0.3) is 11.2 Å². The molecule has 1 aromatic carbocycles. The number of para-hydroxylation sites is 1. The summed E-state index contributed by atoms with van der Waals surface area (Å²) in [4.78, 5) is 29.6. The van der Waals surface area contributed by atoms with Crippen LogP contribution in [0, 0.1) is 0 Å². The van der Waals surface area contributed by atoms with Gasteiger partial charge >= 0.3 is 0 Å². The van der Waals surface area contributed by atoms with Crippen molar-refractivity contribution in [3.8, 4) is 5.75 Å². The zero-order valence-electron chi connectivity index (χ0n) is 14.4. The minimum absolute atomic E-state index is 0.118. The SMILES string of the molecule is COc1ccccc1C(C)NC(=O)CN(C)c1ncnc2nc[nH]c12. The Labute approximate surface area is 145 Å². The largest absolute Gasteiger partial charge is 0.496 e. The summed E-state index contributed by atoms with van der Waals surface area (Å²) in [5.74, 6) is 1.26. The monoisotopic (exact) mass is 340 g/mol. The van der Waals surface area contributed by atoms with Crippen LogP contribution in [0.1, 0.15) is 18.5 Å². The number of ether oxygens (including phenoxy) is 1. The molecule has 0 aliphatic heterocycles. The zero-order valence-corrected chi connectivity index (χ0v) is 14.4. The van der Waals surface area contributed by atoms with Gasteiger partial charge in [0.1, 0.15) is 17.6 Å². The number of aromatic nitrogens is 4. The third kappa shape index (κ3) is 3.52. The predicted molar refractivity (Wildman–Crippen MR) is 94.5 cm³/mol. The maximum absolute atomic E-state index is 12.4. The van der Waals surface area contributed by atoms with Crippen LogP contribution >= 0.6 is 0 Å². The van der Waals surface area contributed by atoms with Crippen molar-refractivity contribution >= 4 is 22.9 Å². The molecule has 1 unspecified atom stereocenters. The Morgan fingerprint density at radius 1 is 1.32 bits per heavy atom. The zero-order chi connectivity index (χ0) is 17.8. The van der Waals surface area contributed by atoms with E-state index in [-0.39, 0.29) is 18.5 Å². The second-order valence-corrected chi connectivity index (χ2v) is 5.69. The molecule has 25 heavy (non-hydrogen) atoms. The van der Waals surface area contributed by atoms with Crippen LogP contribution in [-0.4, -0.2) is 46.5 Å². The summed E-state index contributed by atoms with van der Waals surface area (Å²) in [7, 11) is 3.42. The second-order valence-electron chi connectivity index (χ2n) is 5.69. The molecule has 0 aliphatic carbocycles. The molecular weight excluding hydrogens is 320 g/mol. The Hall–Kier alpha value is -3.16. The number of hydrogen-bond acceptors (Lipinski definition) is 6. The summed E-state index contributed by atoms with van der Waals surface area (Å²) in [6.45, 7) is 2.08. The highest BCUT2D eigenvalue weighted by atomic mass is 16.5. The summed E-state index contributed by atoms with van der Waals surface area (Å²) in [5.41, 5.74) is 2.20. The van der Waals surface area contributed by atoms with E-state index in [0.717, 1.165) is 11.3 Å². The molecule has 0 spiro atoms. The fourth-order valence-electron chi connectivity index (χ4n) is 2.72. The van der Waals surface area contributed by atoms with Crippen molar-refractivity contribution in [3.63, 3.8) is 0 Å². The molecule has 2 heterocycles. The number of fused-ring (bicyclic) bond motifs is 1. The van der Waals surface area contributed by atoms with Gasteiger partial charge in [-0.3, -0.25) is 4.79 Å². The fraction of sp³-hybridized carbons (Fsp3) is 0.294. The van der Waals surface area contributed by atoms with Crippen LogP contribution in [0.5, 0.6) is 5.75 Å². The van der Waals surface area contributed by atoms with Gasteiger partial charge in [0.2, 0.25) is 5.91 Å². The van der Waals surface area contributed by atoms with Crippen molar-refractivity contribution in [2.45, 2.75) is 13.0 Å². The number of imidazole rings is 1. The van der Waals surface area contributed by atoms with Gasteiger partial charge in [0.25, 0.3) is 0 Å². The van der Waals surface area contributed by atoms with Gasteiger partial charge in [-0.25, -0.2) is 15.0 Å². The normalized spacial score (nSPS) is 12.0. The van der Waals surface area contributed by atoms with Gasteiger partial charge in [0.05, 0.1) is 26.0 Å². The van der Waals surface area contributed by atoms with Crippen LogP contribution in [0.15, 0.2) is 36.9 Å². The summed E-state index contributed by atoms with van der Waals surface area (Å²) in [6.07, 6.45) is 2.99.